The van der Waals surface area contributed by atoms with Crippen LogP contribution in [0.2, 0.25) is 0 Å². The fourth-order valence-electron chi connectivity index (χ4n) is 2.71. The van der Waals surface area contributed by atoms with Crippen LogP contribution in [-0.4, -0.2) is 28.5 Å². The predicted molar refractivity (Wildman–Crippen MR) is 94.4 cm³/mol. The molecule has 5 heteroatoms. The van der Waals surface area contributed by atoms with Gasteiger partial charge in [-0.3, -0.25) is 9.59 Å². The molecule has 0 heterocycles. The fourth-order valence-corrected chi connectivity index (χ4v) is 3.17. The molecule has 1 rings (SSSR count). The summed E-state index contributed by atoms with van der Waals surface area (Å²) in [5, 5.41) is 0.663. The minimum atomic E-state index is -1.23. The van der Waals surface area contributed by atoms with Crippen LogP contribution in [-0.2, 0) is 19.1 Å². The van der Waals surface area contributed by atoms with Gasteiger partial charge in [-0.05, 0) is 66.7 Å². The topological polar surface area (TPSA) is 52.6 Å². The summed E-state index contributed by atoms with van der Waals surface area (Å²) in [4.78, 5) is 25.6. The lowest BCUT2D eigenvalue weighted by atomic mass is 9.83. The van der Waals surface area contributed by atoms with E-state index in [9.17, 15) is 9.59 Å². The van der Waals surface area contributed by atoms with Crippen molar-refractivity contribution in [1.82, 2.24) is 0 Å². The van der Waals surface area contributed by atoms with Crippen molar-refractivity contribution in [2.24, 2.45) is 11.3 Å². The molecule has 0 N–H and O–H groups in total. The Morgan fingerprint density at radius 3 is 1.87 bits per heavy atom. The lowest BCUT2D eigenvalue weighted by molar-refractivity contribution is -0.185. The number of carbonyl (C=O) groups excluding carboxylic acids is 2. The minimum absolute atomic E-state index is 0.120. The van der Waals surface area contributed by atoms with Crippen LogP contribution in [0.25, 0.3) is 0 Å². The number of halogens is 1. The molecule has 1 unspecified atom stereocenters. The van der Waals surface area contributed by atoms with Gasteiger partial charge >= 0.3 is 11.9 Å². The average molecular weight is 389 g/mol. The van der Waals surface area contributed by atoms with Gasteiger partial charge in [0, 0.05) is 5.33 Å². The molecule has 23 heavy (non-hydrogen) atoms. The van der Waals surface area contributed by atoms with Gasteiger partial charge in [0.25, 0.3) is 0 Å². The van der Waals surface area contributed by atoms with E-state index in [2.05, 4.69) is 22.5 Å². The van der Waals surface area contributed by atoms with Gasteiger partial charge in [0.1, 0.15) is 11.2 Å². The van der Waals surface area contributed by atoms with Crippen molar-refractivity contribution >= 4 is 27.9 Å². The molecular weight excluding hydrogens is 360 g/mol. The Labute approximate surface area is 148 Å². The molecule has 0 amide bonds. The van der Waals surface area contributed by atoms with E-state index in [1.54, 1.807) is 41.5 Å². The summed E-state index contributed by atoms with van der Waals surface area (Å²) in [5.41, 5.74) is -1.51. The zero-order valence-electron chi connectivity index (χ0n) is 15.1. The van der Waals surface area contributed by atoms with Crippen LogP contribution in [0.5, 0.6) is 0 Å². The Bertz CT molecular complexity index is 454. The molecular formula is C18H29BrO4. The fraction of sp³-hybridized carbons (Fsp3) is 0.778. The molecule has 0 radical (unpaired) electrons. The average Bonchev–Trinajstić information content (AvgIpc) is 2.80. The number of hydrogen-bond acceptors (Lipinski definition) is 4. The normalized spacial score (nSPS) is 20.9. The third-order valence-corrected chi connectivity index (χ3v) is 4.56. The zero-order chi connectivity index (χ0) is 18.1. The van der Waals surface area contributed by atoms with Crippen molar-refractivity contribution in [3.05, 3.63) is 12.2 Å². The highest BCUT2D eigenvalue weighted by Gasteiger charge is 2.55. The molecule has 132 valence electrons. The first-order chi connectivity index (χ1) is 10.3. The summed E-state index contributed by atoms with van der Waals surface area (Å²) in [6, 6.07) is 0. The number of carbonyl (C=O) groups is 2. The van der Waals surface area contributed by atoms with E-state index in [0.717, 1.165) is 12.0 Å². The van der Waals surface area contributed by atoms with Crippen LogP contribution >= 0.6 is 15.9 Å². The maximum atomic E-state index is 12.8. The number of esters is 2. The van der Waals surface area contributed by atoms with E-state index in [1.165, 1.54) is 0 Å². The Morgan fingerprint density at radius 2 is 1.52 bits per heavy atom. The molecule has 0 bridgehead atoms. The highest BCUT2D eigenvalue weighted by molar-refractivity contribution is 9.09. The maximum absolute atomic E-state index is 12.8. The summed E-state index contributed by atoms with van der Waals surface area (Å²) in [7, 11) is 0. The van der Waals surface area contributed by atoms with Gasteiger partial charge in [-0.15, -0.1) is 0 Å². The van der Waals surface area contributed by atoms with Gasteiger partial charge < -0.3 is 9.47 Å². The van der Waals surface area contributed by atoms with E-state index < -0.39 is 28.6 Å². The standard InChI is InChI=1S/C18H29BrO4/c1-12(11-19)13-8-9-18(10-13,14(20)22-16(2,3)4)15(21)23-17(5,6)7/h13H,1,8-11H2,2-7H3. The molecule has 1 atom stereocenters. The quantitative estimate of drug-likeness (QED) is 0.309. The number of ether oxygens (including phenoxy) is 2. The smallest absolute Gasteiger partial charge is 0.324 e. The van der Waals surface area contributed by atoms with Crippen LogP contribution in [0, 0.1) is 11.3 Å². The van der Waals surface area contributed by atoms with Gasteiger partial charge in [-0.2, -0.15) is 0 Å². The summed E-state index contributed by atoms with van der Waals surface area (Å²) >= 11 is 3.40. The SMILES string of the molecule is C=C(CBr)C1CCC(C(=O)OC(C)(C)C)(C(=O)OC(C)(C)C)C1. The highest BCUT2D eigenvalue weighted by atomic mass is 79.9. The predicted octanol–water partition coefficient (Wildman–Crippen LogP) is 4.41. The van der Waals surface area contributed by atoms with Crippen molar-refractivity contribution in [1.29, 1.82) is 0 Å². The Balaban J connectivity index is 3.10. The second kappa shape index (κ2) is 6.96. The second-order valence-electron chi connectivity index (χ2n) is 8.32. The number of allylic oxidation sites excluding steroid dienone is 1. The molecule has 4 nitrogen and oxygen atoms in total. The molecule has 1 saturated carbocycles. The first-order valence-corrected chi connectivity index (χ1v) is 9.13. The van der Waals surface area contributed by atoms with Gasteiger partial charge in [0.05, 0.1) is 0 Å². The molecule has 0 spiro atoms. The van der Waals surface area contributed by atoms with Crippen molar-refractivity contribution < 1.29 is 19.1 Å². The first kappa shape index (κ1) is 20.2. The number of rotatable bonds is 4. The molecule has 1 aliphatic rings. The lowest BCUT2D eigenvalue weighted by Crippen LogP contribution is -2.45. The van der Waals surface area contributed by atoms with E-state index in [4.69, 9.17) is 9.47 Å². The Hall–Kier alpha value is -0.840. The monoisotopic (exact) mass is 388 g/mol. The third-order valence-electron chi connectivity index (χ3n) is 3.84. The lowest BCUT2D eigenvalue weighted by Gasteiger charge is -2.32. The van der Waals surface area contributed by atoms with E-state index in [-0.39, 0.29) is 5.92 Å². The maximum Gasteiger partial charge on any atom is 0.324 e. The summed E-state index contributed by atoms with van der Waals surface area (Å²) in [5.74, 6) is -0.845. The van der Waals surface area contributed by atoms with Crippen molar-refractivity contribution in [3.63, 3.8) is 0 Å². The van der Waals surface area contributed by atoms with E-state index in [1.807, 2.05) is 0 Å². The third kappa shape index (κ3) is 5.33. The summed E-state index contributed by atoms with van der Waals surface area (Å²) < 4.78 is 11.1. The Kier molecular flexibility index (Phi) is 6.11. The molecule has 0 aromatic rings. The first-order valence-electron chi connectivity index (χ1n) is 8.01. The van der Waals surface area contributed by atoms with Gasteiger partial charge in [-0.25, -0.2) is 0 Å². The number of alkyl halides is 1. The van der Waals surface area contributed by atoms with Crippen LogP contribution in [0.15, 0.2) is 12.2 Å². The van der Waals surface area contributed by atoms with E-state index in [0.29, 0.717) is 18.2 Å². The summed E-state index contributed by atoms with van der Waals surface area (Å²) in [6.07, 6.45) is 1.58. The summed E-state index contributed by atoms with van der Waals surface area (Å²) in [6.45, 7) is 14.9. The molecule has 0 aromatic heterocycles. The minimum Gasteiger partial charge on any atom is -0.459 e. The van der Waals surface area contributed by atoms with Gasteiger partial charge in [0.15, 0.2) is 5.41 Å². The van der Waals surface area contributed by atoms with Gasteiger partial charge in [0.2, 0.25) is 0 Å². The van der Waals surface area contributed by atoms with Crippen LogP contribution < -0.4 is 0 Å². The molecule has 0 aromatic carbocycles. The molecule has 0 aliphatic heterocycles. The van der Waals surface area contributed by atoms with E-state index >= 15 is 0 Å². The van der Waals surface area contributed by atoms with Gasteiger partial charge in [-0.1, -0.05) is 28.1 Å². The number of hydrogen-bond donors (Lipinski definition) is 0. The Morgan fingerprint density at radius 1 is 1.09 bits per heavy atom. The van der Waals surface area contributed by atoms with Crippen molar-refractivity contribution in [2.75, 3.05) is 5.33 Å². The van der Waals surface area contributed by atoms with Crippen molar-refractivity contribution in [2.45, 2.75) is 72.0 Å². The van der Waals surface area contributed by atoms with Crippen molar-refractivity contribution in [3.8, 4) is 0 Å². The largest absolute Gasteiger partial charge is 0.459 e. The molecule has 0 saturated heterocycles. The molecule has 1 fully saturated rings. The van der Waals surface area contributed by atoms with Crippen LogP contribution in [0.1, 0.15) is 60.8 Å². The molecule has 1 aliphatic carbocycles. The van der Waals surface area contributed by atoms with Crippen LogP contribution in [0.3, 0.4) is 0 Å². The second-order valence-corrected chi connectivity index (χ2v) is 8.88. The van der Waals surface area contributed by atoms with Crippen LogP contribution in [0.4, 0.5) is 0 Å². The zero-order valence-corrected chi connectivity index (χ0v) is 16.7. The highest BCUT2D eigenvalue weighted by Crippen LogP contribution is 2.47.